The van der Waals surface area contributed by atoms with Crippen molar-refractivity contribution in [1.29, 1.82) is 0 Å². The SMILES string of the molecule is CCCCC/C=C\CCCO[Si](C)(C)C. The molecule has 0 saturated carbocycles. The maximum Gasteiger partial charge on any atom is 0.183 e. The highest BCUT2D eigenvalue weighted by Gasteiger charge is 2.12. The lowest BCUT2D eigenvalue weighted by Gasteiger charge is -2.16. The second-order valence-electron chi connectivity index (χ2n) is 5.07. The van der Waals surface area contributed by atoms with Crippen LogP contribution in [0.25, 0.3) is 0 Å². The summed E-state index contributed by atoms with van der Waals surface area (Å²) < 4.78 is 5.78. The van der Waals surface area contributed by atoms with Crippen LogP contribution in [0.2, 0.25) is 19.6 Å². The highest BCUT2D eigenvalue weighted by atomic mass is 28.4. The molecule has 0 aromatic carbocycles. The Balaban J connectivity index is 3.17. The van der Waals surface area contributed by atoms with Gasteiger partial charge >= 0.3 is 0 Å². The van der Waals surface area contributed by atoms with Crippen molar-refractivity contribution in [3.05, 3.63) is 12.2 Å². The molecule has 90 valence electrons. The Hall–Kier alpha value is -0.0831. The van der Waals surface area contributed by atoms with E-state index in [0.717, 1.165) is 6.61 Å². The van der Waals surface area contributed by atoms with Crippen molar-refractivity contribution in [3.8, 4) is 0 Å². The van der Waals surface area contributed by atoms with E-state index in [1.165, 1.54) is 38.5 Å². The van der Waals surface area contributed by atoms with Gasteiger partial charge in [-0.1, -0.05) is 31.9 Å². The summed E-state index contributed by atoms with van der Waals surface area (Å²) in [5, 5.41) is 0. The zero-order valence-electron chi connectivity index (χ0n) is 11.0. The van der Waals surface area contributed by atoms with Gasteiger partial charge in [0.1, 0.15) is 0 Å². The van der Waals surface area contributed by atoms with Gasteiger partial charge in [-0.15, -0.1) is 0 Å². The molecule has 0 spiro atoms. The molecule has 0 radical (unpaired) electrons. The first-order chi connectivity index (χ1) is 7.06. The predicted octanol–water partition coefficient (Wildman–Crippen LogP) is 4.75. The van der Waals surface area contributed by atoms with Crippen LogP contribution in [0.3, 0.4) is 0 Å². The number of unbranched alkanes of at least 4 members (excludes halogenated alkanes) is 4. The number of rotatable bonds is 9. The van der Waals surface area contributed by atoms with E-state index in [9.17, 15) is 0 Å². The summed E-state index contributed by atoms with van der Waals surface area (Å²) in [5.41, 5.74) is 0. The van der Waals surface area contributed by atoms with Crippen molar-refractivity contribution < 1.29 is 4.43 Å². The number of allylic oxidation sites excluding steroid dienone is 2. The van der Waals surface area contributed by atoms with E-state index in [0.29, 0.717) is 0 Å². The minimum atomic E-state index is -1.27. The molecule has 0 atom stereocenters. The van der Waals surface area contributed by atoms with E-state index >= 15 is 0 Å². The lowest BCUT2D eigenvalue weighted by molar-refractivity contribution is 0.306. The van der Waals surface area contributed by atoms with Gasteiger partial charge in [-0.2, -0.15) is 0 Å². The van der Waals surface area contributed by atoms with Crippen molar-refractivity contribution in [2.45, 2.75) is 65.1 Å². The van der Waals surface area contributed by atoms with E-state index in [1.54, 1.807) is 0 Å². The molecule has 0 heterocycles. The van der Waals surface area contributed by atoms with Gasteiger partial charge in [0, 0.05) is 6.61 Å². The quantitative estimate of drug-likeness (QED) is 0.314. The van der Waals surface area contributed by atoms with Gasteiger partial charge in [-0.25, -0.2) is 0 Å². The predicted molar refractivity (Wildman–Crippen MR) is 71.8 cm³/mol. The summed E-state index contributed by atoms with van der Waals surface area (Å²) in [6, 6.07) is 0. The fourth-order valence-electron chi connectivity index (χ4n) is 1.33. The Morgan fingerprint density at radius 3 is 2.07 bits per heavy atom. The first kappa shape index (κ1) is 14.9. The third-order valence-corrected chi connectivity index (χ3v) is 3.26. The molecule has 2 heteroatoms. The normalized spacial score (nSPS) is 12.5. The Labute approximate surface area is 97.0 Å². The molecule has 15 heavy (non-hydrogen) atoms. The zero-order chi connectivity index (χ0) is 11.6. The molecule has 1 nitrogen and oxygen atoms in total. The van der Waals surface area contributed by atoms with Gasteiger partial charge in [0.2, 0.25) is 0 Å². The Bertz CT molecular complexity index is 158. The van der Waals surface area contributed by atoms with Crippen LogP contribution in [0.15, 0.2) is 12.2 Å². The van der Waals surface area contributed by atoms with Crippen molar-refractivity contribution in [2.75, 3.05) is 6.61 Å². The van der Waals surface area contributed by atoms with E-state index in [2.05, 4.69) is 38.7 Å². The molecule has 0 aromatic heterocycles. The molecule has 0 aromatic rings. The van der Waals surface area contributed by atoms with Crippen LogP contribution in [-0.4, -0.2) is 14.9 Å². The summed E-state index contributed by atoms with van der Waals surface area (Å²) in [7, 11) is -1.27. The van der Waals surface area contributed by atoms with Crippen LogP contribution in [0.5, 0.6) is 0 Å². The first-order valence-electron chi connectivity index (χ1n) is 6.35. The van der Waals surface area contributed by atoms with Crippen molar-refractivity contribution in [3.63, 3.8) is 0 Å². The van der Waals surface area contributed by atoms with Gasteiger partial charge < -0.3 is 4.43 Å². The molecule has 0 aliphatic heterocycles. The van der Waals surface area contributed by atoms with Gasteiger partial charge in [0.05, 0.1) is 0 Å². The molecule has 0 aliphatic rings. The minimum Gasteiger partial charge on any atom is -0.418 e. The molecule has 0 bridgehead atoms. The van der Waals surface area contributed by atoms with Crippen LogP contribution in [0.1, 0.15) is 45.4 Å². The topological polar surface area (TPSA) is 9.23 Å². The molecule has 0 saturated heterocycles. The van der Waals surface area contributed by atoms with Gasteiger partial charge in [-0.3, -0.25) is 0 Å². The molecule has 0 N–H and O–H groups in total. The summed E-state index contributed by atoms with van der Waals surface area (Å²) in [4.78, 5) is 0. The van der Waals surface area contributed by atoms with Gasteiger partial charge in [0.25, 0.3) is 0 Å². The zero-order valence-corrected chi connectivity index (χ0v) is 12.0. The Morgan fingerprint density at radius 2 is 1.53 bits per heavy atom. The molecule has 0 amide bonds. The maximum absolute atomic E-state index is 5.78. The molecule has 0 fully saturated rings. The third-order valence-electron chi connectivity index (χ3n) is 2.19. The van der Waals surface area contributed by atoms with E-state index in [4.69, 9.17) is 4.43 Å². The largest absolute Gasteiger partial charge is 0.418 e. The highest BCUT2D eigenvalue weighted by Crippen LogP contribution is 2.05. The first-order valence-corrected chi connectivity index (χ1v) is 9.76. The molecule has 0 rings (SSSR count). The monoisotopic (exact) mass is 228 g/mol. The van der Waals surface area contributed by atoms with Crippen LogP contribution < -0.4 is 0 Å². The second-order valence-corrected chi connectivity index (χ2v) is 9.58. The fourth-order valence-corrected chi connectivity index (χ4v) is 2.08. The van der Waals surface area contributed by atoms with Gasteiger partial charge in [-0.05, 0) is 45.3 Å². The molecular weight excluding hydrogens is 200 g/mol. The van der Waals surface area contributed by atoms with Crippen LogP contribution in [0.4, 0.5) is 0 Å². The Morgan fingerprint density at radius 1 is 0.933 bits per heavy atom. The lowest BCUT2D eigenvalue weighted by atomic mass is 10.2. The minimum absolute atomic E-state index is 0.940. The summed E-state index contributed by atoms with van der Waals surface area (Å²) in [5.74, 6) is 0. The lowest BCUT2D eigenvalue weighted by Crippen LogP contribution is -2.25. The summed E-state index contributed by atoms with van der Waals surface area (Å²) in [6.07, 6.45) is 12.3. The highest BCUT2D eigenvalue weighted by molar-refractivity contribution is 6.69. The summed E-state index contributed by atoms with van der Waals surface area (Å²) in [6.45, 7) is 9.92. The second kappa shape index (κ2) is 9.17. The van der Waals surface area contributed by atoms with E-state index in [-0.39, 0.29) is 0 Å². The molecule has 0 aliphatic carbocycles. The van der Waals surface area contributed by atoms with Crippen molar-refractivity contribution >= 4 is 8.32 Å². The standard InChI is InChI=1S/C13H28OSi/c1-5-6-7-8-9-10-11-12-13-14-15(2,3)4/h9-10H,5-8,11-13H2,1-4H3/b10-9-. The van der Waals surface area contributed by atoms with E-state index in [1.807, 2.05) is 0 Å². The van der Waals surface area contributed by atoms with Crippen LogP contribution >= 0.6 is 0 Å². The number of hydrogen-bond acceptors (Lipinski definition) is 1. The van der Waals surface area contributed by atoms with Crippen LogP contribution in [-0.2, 0) is 4.43 Å². The van der Waals surface area contributed by atoms with E-state index < -0.39 is 8.32 Å². The van der Waals surface area contributed by atoms with Gasteiger partial charge in [0.15, 0.2) is 8.32 Å². The van der Waals surface area contributed by atoms with Crippen LogP contribution in [0, 0.1) is 0 Å². The molecule has 0 unspecified atom stereocenters. The number of hydrogen-bond donors (Lipinski definition) is 0. The smallest absolute Gasteiger partial charge is 0.183 e. The fraction of sp³-hybridized carbons (Fsp3) is 0.846. The maximum atomic E-state index is 5.78. The molecular formula is C13H28OSi. The van der Waals surface area contributed by atoms with Crippen molar-refractivity contribution in [1.82, 2.24) is 0 Å². The third kappa shape index (κ3) is 13.9. The average Bonchev–Trinajstić information content (AvgIpc) is 2.14. The average molecular weight is 228 g/mol. The van der Waals surface area contributed by atoms with Crippen molar-refractivity contribution in [2.24, 2.45) is 0 Å². The summed E-state index contributed by atoms with van der Waals surface area (Å²) >= 11 is 0. The Kier molecular flexibility index (Phi) is 9.11.